The molecule has 0 aliphatic heterocycles. The van der Waals surface area contributed by atoms with Gasteiger partial charge < -0.3 is 16.0 Å². The van der Waals surface area contributed by atoms with E-state index in [0.717, 1.165) is 23.5 Å². The van der Waals surface area contributed by atoms with Crippen molar-refractivity contribution in [1.82, 2.24) is 15.3 Å². The molecule has 0 aliphatic carbocycles. The monoisotopic (exact) mass is 411 g/mol. The summed E-state index contributed by atoms with van der Waals surface area (Å²) < 4.78 is 26.5. The molecule has 0 bridgehead atoms. The maximum atomic E-state index is 13.6. The van der Waals surface area contributed by atoms with Crippen molar-refractivity contribution in [1.29, 1.82) is 0 Å². The molecule has 0 fully saturated rings. The predicted octanol–water partition coefficient (Wildman–Crippen LogP) is 3.89. The van der Waals surface area contributed by atoms with Gasteiger partial charge in [0.05, 0.1) is 6.42 Å². The van der Waals surface area contributed by atoms with Crippen LogP contribution in [0.3, 0.4) is 0 Å². The van der Waals surface area contributed by atoms with Crippen LogP contribution in [0.1, 0.15) is 16.8 Å². The molecular weight excluding hydrogens is 388 g/mol. The van der Waals surface area contributed by atoms with Crippen molar-refractivity contribution < 1.29 is 13.6 Å². The number of hydrogen-bond donors (Lipinski definition) is 3. The van der Waals surface area contributed by atoms with Gasteiger partial charge in [-0.3, -0.25) is 4.79 Å². The molecule has 0 spiro atoms. The zero-order chi connectivity index (χ0) is 21.5. The van der Waals surface area contributed by atoms with Crippen molar-refractivity contribution in [2.24, 2.45) is 0 Å². The molecule has 0 radical (unpaired) electrons. The molecule has 8 heteroatoms. The largest absolute Gasteiger partial charge is 0.354 e. The molecule has 1 amide bonds. The SMILES string of the molecule is Cc1ccc(Nc2cc(C)nc(NCCNC(=O)Cc3ccc(F)cc3F)n2)cc1. The number of nitrogens with one attached hydrogen (secondary N) is 3. The van der Waals surface area contributed by atoms with E-state index in [1.807, 2.05) is 44.2 Å². The molecule has 1 aromatic heterocycles. The molecular formula is C22H23F2N5O. The molecule has 1 heterocycles. The van der Waals surface area contributed by atoms with Gasteiger partial charge in [-0.1, -0.05) is 23.8 Å². The Hall–Kier alpha value is -3.55. The summed E-state index contributed by atoms with van der Waals surface area (Å²) in [6.45, 7) is 4.59. The second kappa shape index (κ2) is 9.78. The lowest BCUT2D eigenvalue weighted by molar-refractivity contribution is -0.120. The minimum Gasteiger partial charge on any atom is -0.354 e. The van der Waals surface area contributed by atoms with Crippen LogP contribution in [0.5, 0.6) is 0 Å². The molecule has 3 rings (SSSR count). The van der Waals surface area contributed by atoms with Crippen LogP contribution in [0.2, 0.25) is 0 Å². The number of hydrogen-bond acceptors (Lipinski definition) is 5. The Bertz CT molecular complexity index is 1020. The fourth-order valence-electron chi connectivity index (χ4n) is 2.77. The van der Waals surface area contributed by atoms with Crippen LogP contribution in [-0.2, 0) is 11.2 Å². The third-order valence-electron chi connectivity index (χ3n) is 4.27. The first kappa shape index (κ1) is 21.2. The minimum absolute atomic E-state index is 0.149. The van der Waals surface area contributed by atoms with Crippen LogP contribution in [0.15, 0.2) is 48.5 Å². The Kier molecular flexibility index (Phi) is 6.90. The third-order valence-corrected chi connectivity index (χ3v) is 4.27. The van der Waals surface area contributed by atoms with Gasteiger partial charge in [0.25, 0.3) is 0 Å². The Morgan fingerprint density at radius 2 is 1.73 bits per heavy atom. The van der Waals surface area contributed by atoms with Gasteiger partial charge in [-0.2, -0.15) is 4.98 Å². The van der Waals surface area contributed by atoms with Gasteiger partial charge in [0, 0.05) is 36.6 Å². The van der Waals surface area contributed by atoms with Crippen LogP contribution in [0, 0.1) is 25.5 Å². The number of carbonyl (C=O) groups is 1. The maximum absolute atomic E-state index is 13.6. The Morgan fingerprint density at radius 3 is 2.47 bits per heavy atom. The highest BCUT2D eigenvalue weighted by Gasteiger charge is 2.09. The number of anilines is 3. The summed E-state index contributed by atoms with van der Waals surface area (Å²) in [5.74, 6) is -0.664. The Labute approximate surface area is 173 Å². The molecule has 0 aliphatic rings. The van der Waals surface area contributed by atoms with Gasteiger partial charge in [0.1, 0.15) is 17.5 Å². The number of aromatic nitrogens is 2. The van der Waals surface area contributed by atoms with E-state index in [0.29, 0.717) is 24.9 Å². The van der Waals surface area contributed by atoms with Crippen LogP contribution < -0.4 is 16.0 Å². The number of aryl methyl sites for hydroxylation is 2. The molecule has 0 saturated heterocycles. The molecule has 0 atom stereocenters. The quantitative estimate of drug-likeness (QED) is 0.490. The van der Waals surface area contributed by atoms with Crippen molar-refractivity contribution in [3.8, 4) is 0 Å². The molecule has 2 aromatic carbocycles. The zero-order valence-electron chi connectivity index (χ0n) is 16.8. The smallest absolute Gasteiger partial charge is 0.224 e. The molecule has 0 unspecified atom stereocenters. The lowest BCUT2D eigenvalue weighted by Gasteiger charge is -2.11. The molecule has 30 heavy (non-hydrogen) atoms. The standard InChI is InChI=1S/C22H23F2N5O/c1-14-3-7-18(8-4-14)28-20-11-15(2)27-22(29-20)26-10-9-25-21(30)12-16-5-6-17(23)13-19(16)24/h3-8,11,13H,9-10,12H2,1-2H3,(H,25,30)(H2,26,27,28,29). The summed E-state index contributed by atoms with van der Waals surface area (Å²) in [6, 6.07) is 13.0. The summed E-state index contributed by atoms with van der Waals surface area (Å²) in [5.41, 5.74) is 3.03. The first-order valence-electron chi connectivity index (χ1n) is 9.53. The number of rotatable bonds is 8. The van der Waals surface area contributed by atoms with E-state index in [1.54, 1.807) is 0 Å². The number of benzene rings is 2. The van der Waals surface area contributed by atoms with E-state index < -0.39 is 11.6 Å². The van der Waals surface area contributed by atoms with Gasteiger partial charge in [-0.05, 0) is 37.6 Å². The van der Waals surface area contributed by atoms with E-state index in [1.165, 1.54) is 11.6 Å². The van der Waals surface area contributed by atoms with Gasteiger partial charge in [0.15, 0.2) is 0 Å². The van der Waals surface area contributed by atoms with Gasteiger partial charge in [-0.25, -0.2) is 13.8 Å². The molecule has 3 N–H and O–H groups in total. The fourth-order valence-corrected chi connectivity index (χ4v) is 2.77. The van der Waals surface area contributed by atoms with Crippen molar-refractivity contribution in [3.63, 3.8) is 0 Å². The predicted molar refractivity (Wildman–Crippen MR) is 113 cm³/mol. The summed E-state index contributed by atoms with van der Waals surface area (Å²) in [7, 11) is 0. The van der Waals surface area contributed by atoms with Crippen molar-refractivity contribution in [2.45, 2.75) is 20.3 Å². The topological polar surface area (TPSA) is 78.9 Å². The lowest BCUT2D eigenvalue weighted by atomic mass is 10.1. The number of halogens is 2. The second-order valence-electron chi connectivity index (χ2n) is 6.90. The summed E-state index contributed by atoms with van der Waals surface area (Å²) >= 11 is 0. The maximum Gasteiger partial charge on any atom is 0.224 e. The summed E-state index contributed by atoms with van der Waals surface area (Å²) in [4.78, 5) is 20.7. The van der Waals surface area contributed by atoms with E-state index in [4.69, 9.17) is 0 Å². The van der Waals surface area contributed by atoms with Crippen LogP contribution in [0.25, 0.3) is 0 Å². The van der Waals surface area contributed by atoms with Crippen LogP contribution in [-0.4, -0.2) is 29.0 Å². The van der Waals surface area contributed by atoms with E-state index in [2.05, 4.69) is 25.9 Å². The van der Waals surface area contributed by atoms with E-state index in [9.17, 15) is 13.6 Å². The average molecular weight is 411 g/mol. The summed E-state index contributed by atoms with van der Waals surface area (Å²) in [6.07, 6.45) is -0.155. The van der Waals surface area contributed by atoms with Crippen molar-refractivity contribution in [2.75, 3.05) is 23.7 Å². The van der Waals surface area contributed by atoms with Crippen LogP contribution >= 0.6 is 0 Å². The van der Waals surface area contributed by atoms with Gasteiger partial charge >= 0.3 is 0 Å². The Morgan fingerprint density at radius 1 is 0.967 bits per heavy atom. The number of amides is 1. The Balaban J connectivity index is 1.49. The average Bonchev–Trinajstić information content (AvgIpc) is 2.69. The number of nitrogens with zero attached hydrogens (tertiary/aromatic N) is 2. The number of carbonyl (C=O) groups excluding carboxylic acids is 1. The van der Waals surface area contributed by atoms with Crippen LogP contribution in [0.4, 0.5) is 26.2 Å². The zero-order valence-corrected chi connectivity index (χ0v) is 16.8. The first-order chi connectivity index (χ1) is 14.4. The normalized spacial score (nSPS) is 10.5. The van der Waals surface area contributed by atoms with E-state index in [-0.39, 0.29) is 17.9 Å². The molecule has 156 valence electrons. The minimum atomic E-state index is -0.731. The van der Waals surface area contributed by atoms with E-state index >= 15 is 0 Å². The van der Waals surface area contributed by atoms with Crippen molar-refractivity contribution in [3.05, 3.63) is 77.0 Å². The van der Waals surface area contributed by atoms with Crippen molar-refractivity contribution >= 4 is 23.4 Å². The first-order valence-corrected chi connectivity index (χ1v) is 9.53. The molecule has 6 nitrogen and oxygen atoms in total. The lowest BCUT2D eigenvalue weighted by Crippen LogP contribution is -2.30. The van der Waals surface area contributed by atoms with Gasteiger partial charge in [-0.15, -0.1) is 0 Å². The fraction of sp³-hybridized carbons (Fsp3) is 0.227. The molecule has 0 saturated carbocycles. The highest BCUT2D eigenvalue weighted by Crippen LogP contribution is 2.17. The second-order valence-corrected chi connectivity index (χ2v) is 6.90. The third kappa shape index (κ3) is 6.23. The highest BCUT2D eigenvalue weighted by atomic mass is 19.1. The summed E-state index contributed by atoms with van der Waals surface area (Å²) in [5, 5.41) is 8.98. The highest BCUT2D eigenvalue weighted by molar-refractivity contribution is 5.78. The molecule has 3 aromatic rings. The van der Waals surface area contributed by atoms with Gasteiger partial charge in [0.2, 0.25) is 11.9 Å².